The molecule has 1 amide bonds. The van der Waals surface area contributed by atoms with E-state index in [4.69, 9.17) is 9.47 Å². The predicted molar refractivity (Wildman–Crippen MR) is 107 cm³/mol. The number of aromatic carboxylic acids is 1. The summed E-state index contributed by atoms with van der Waals surface area (Å²) in [6, 6.07) is 16.4. The maximum absolute atomic E-state index is 12.3. The minimum Gasteiger partial charge on any atom is -0.477 e. The van der Waals surface area contributed by atoms with Crippen molar-refractivity contribution in [2.24, 2.45) is 0 Å². The van der Waals surface area contributed by atoms with Crippen molar-refractivity contribution in [2.75, 3.05) is 12.1 Å². The molecule has 0 aliphatic carbocycles. The number of hydrogen-bond acceptors (Lipinski definition) is 5. The Hall–Kier alpha value is -3.58. The van der Waals surface area contributed by atoms with Gasteiger partial charge in [0.05, 0.1) is 5.69 Å². The molecule has 4 rings (SSSR count). The molecule has 3 aromatic rings. The zero-order valence-electron chi connectivity index (χ0n) is 14.5. The number of rotatable bonds is 5. The summed E-state index contributed by atoms with van der Waals surface area (Å²) in [4.78, 5) is 24.7. The van der Waals surface area contributed by atoms with E-state index in [-0.39, 0.29) is 17.4 Å². The van der Waals surface area contributed by atoms with Crippen molar-refractivity contribution in [2.45, 2.75) is 0 Å². The second-order valence-corrected chi connectivity index (χ2v) is 7.01. The molecule has 2 heterocycles. The molecule has 0 bridgehead atoms. The van der Waals surface area contributed by atoms with E-state index in [9.17, 15) is 14.7 Å². The fraction of sp³-hybridized carbons (Fsp3) is 0.0476. The zero-order chi connectivity index (χ0) is 19.5. The van der Waals surface area contributed by atoms with Crippen molar-refractivity contribution in [3.05, 3.63) is 71.1 Å². The van der Waals surface area contributed by atoms with Crippen molar-refractivity contribution < 1.29 is 24.2 Å². The van der Waals surface area contributed by atoms with E-state index < -0.39 is 11.9 Å². The van der Waals surface area contributed by atoms with Crippen molar-refractivity contribution in [3.8, 4) is 21.9 Å². The van der Waals surface area contributed by atoms with Gasteiger partial charge in [0.15, 0.2) is 11.5 Å². The molecule has 1 aliphatic rings. The second kappa shape index (κ2) is 7.58. The van der Waals surface area contributed by atoms with Crippen LogP contribution in [0, 0.1) is 0 Å². The van der Waals surface area contributed by atoms with Gasteiger partial charge in [-0.15, -0.1) is 11.3 Å². The van der Waals surface area contributed by atoms with Gasteiger partial charge in [0.25, 0.3) is 0 Å². The molecule has 0 saturated heterocycles. The molecule has 6 nitrogen and oxygen atoms in total. The summed E-state index contributed by atoms with van der Waals surface area (Å²) in [6.45, 7) is 0.183. The largest absolute Gasteiger partial charge is 0.477 e. The number of amides is 1. The Morgan fingerprint density at radius 2 is 1.82 bits per heavy atom. The molecule has 0 radical (unpaired) electrons. The molecule has 0 atom stereocenters. The van der Waals surface area contributed by atoms with Crippen LogP contribution in [-0.4, -0.2) is 23.8 Å². The van der Waals surface area contributed by atoms with Gasteiger partial charge in [0.2, 0.25) is 12.7 Å². The molecule has 2 aromatic carbocycles. The van der Waals surface area contributed by atoms with Crippen LogP contribution < -0.4 is 14.8 Å². The molecule has 1 aliphatic heterocycles. The SMILES string of the molecule is O=C(/C=C/c1ccc2c(c1)OCO2)Nc1cc(-c2ccccc2)sc1C(=O)O. The number of carbonyl (C=O) groups excluding carboxylic acids is 1. The molecule has 7 heteroatoms. The maximum Gasteiger partial charge on any atom is 0.348 e. The smallest absolute Gasteiger partial charge is 0.348 e. The summed E-state index contributed by atoms with van der Waals surface area (Å²) in [5, 5.41) is 12.1. The molecule has 0 saturated carbocycles. The lowest BCUT2D eigenvalue weighted by Gasteiger charge is -2.01. The predicted octanol–water partition coefficient (Wildman–Crippen LogP) is 4.49. The number of carboxylic acids is 1. The highest BCUT2D eigenvalue weighted by molar-refractivity contribution is 7.18. The lowest BCUT2D eigenvalue weighted by molar-refractivity contribution is -0.111. The van der Waals surface area contributed by atoms with Gasteiger partial charge in [0.1, 0.15) is 4.88 Å². The standard InChI is InChI=1S/C21H15NO5S/c23-19(9-7-13-6-8-16-17(10-13)27-12-26-16)22-15-11-18(28-20(15)21(24)25)14-4-2-1-3-5-14/h1-11H,12H2,(H,22,23)(H,24,25)/b9-7+. The normalized spacial score (nSPS) is 12.3. The van der Waals surface area contributed by atoms with Crippen molar-refractivity contribution in [3.63, 3.8) is 0 Å². The molecule has 140 valence electrons. The average Bonchev–Trinajstić information content (AvgIpc) is 3.33. The molecule has 0 fully saturated rings. The Labute approximate surface area is 164 Å². The van der Waals surface area contributed by atoms with Gasteiger partial charge in [-0.3, -0.25) is 4.79 Å². The van der Waals surface area contributed by atoms with Gasteiger partial charge in [-0.1, -0.05) is 36.4 Å². The quantitative estimate of drug-likeness (QED) is 0.624. The van der Waals surface area contributed by atoms with Gasteiger partial charge in [-0.25, -0.2) is 4.79 Å². The Morgan fingerprint density at radius 1 is 1.04 bits per heavy atom. The summed E-state index contributed by atoms with van der Waals surface area (Å²) in [6.07, 6.45) is 2.98. The molecular formula is C21H15NO5S. The van der Waals surface area contributed by atoms with Crippen LogP contribution in [-0.2, 0) is 4.79 Å². The van der Waals surface area contributed by atoms with Crippen molar-refractivity contribution in [1.29, 1.82) is 0 Å². The first-order valence-corrected chi connectivity index (χ1v) is 9.23. The number of carbonyl (C=O) groups is 2. The Morgan fingerprint density at radius 3 is 2.61 bits per heavy atom. The Balaban J connectivity index is 1.52. The minimum absolute atomic E-state index is 0.0867. The lowest BCUT2D eigenvalue weighted by atomic mass is 10.2. The average molecular weight is 393 g/mol. The summed E-state index contributed by atoms with van der Waals surface area (Å²) in [5.74, 6) is -0.208. The second-order valence-electron chi connectivity index (χ2n) is 5.96. The number of carboxylic acid groups (broad SMARTS) is 1. The summed E-state index contributed by atoms with van der Waals surface area (Å²) >= 11 is 1.12. The number of thiophene rings is 1. The lowest BCUT2D eigenvalue weighted by Crippen LogP contribution is -2.09. The first-order chi connectivity index (χ1) is 13.6. The van der Waals surface area contributed by atoms with E-state index in [1.54, 1.807) is 30.3 Å². The van der Waals surface area contributed by atoms with Crippen LogP contribution in [0.2, 0.25) is 0 Å². The Kier molecular flexibility index (Phi) is 4.82. The molecule has 0 unspecified atom stereocenters. The van der Waals surface area contributed by atoms with Crippen LogP contribution in [0.25, 0.3) is 16.5 Å². The van der Waals surface area contributed by atoms with Crippen LogP contribution in [0.1, 0.15) is 15.2 Å². The van der Waals surface area contributed by atoms with Crippen LogP contribution in [0.15, 0.2) is 60.7 Å². The minimum atomic E-state index is -1.08. The van der Waals surface area contributed by atoms with Crippen LogP contribution >= 0.6 is 11.3 Å². The van der Waals surface area contributed by atoms with Gasteiger partial charge in [0, 0.05) is 11.0 Å². The summed E-state index contributed by atoms with van der Waals surface area (Å²) < 4.78 is 10.6. The van der Waals surface area contributed by atoms with Gasteiger partial charge in [-0.2, -0.15) is 0 Å². The van der Waals surface area contributed by atoms with E-state index in [0.717, 1.165) is 27.3 Å². The van der Waals surface area contributed by atoms with Crippen molar-refractivity contribution >= 4 is 35.0 Å². The van der Waals surface area contributed by atoms with E-state index in [2.05, 4.69) is 5.32 Å². The fourth-order valence-corrected chi connectivity index (χ4v) is 3.71. The fourth-order valence-electron chi connectivity index (χ4n) is 2.75. The number of anilines is 1. The number of fused-ring (bicyclic) bond motifs is 1. The topological polar surface area (TPSA) is 84.9 Å². The van der Waals surface area contributed by atoms with Crippen molar-refractivity contribution in [1.82, 2.24) is 0 Å². The summed E-state index contributed by atoms with van der Waals surface area (Å²) in [7, 11) is 0. The highest BCUT2D eigenvalue weighted by Gasteiger charge is 2.17. The highest BCUT2D eigenvalue weighted by Crippen LogP contribution is 2.35. The first-order valence-electron chi connectivity index (χ1n) is 8.41. The van der Waals surface area contributed by atoms with E-state index in [1.165, 1.54) is 6.08 Å². The first kappa shape index (κ1) is 17.8. The molecule has 1 aromatic heterocycles. The summed E-state index contributed by atoms with van der Waals surface area (Å²) in [5.41, 5.74) is 1.94. The zero-order valence-corrected chi connectivity index (χ0v) is 15.4. The monoisotopic (exact) mass is 393 g/mol. The maximum atomic E-state index is 12.3. The van der Waals surface area contributed by atoms with Gasteiger partial charge >= 0.3 is 5.97 Å². The molecular weight excluding hydrogens is 378 g/mol. The third-order valence-electron chi connectivity index (χ3n) is 4.07. The van der Waals surface area contributed by atoms with Crippen LogP contribution in [0.4, 0.5) is 5.69 Å². The van der Waals surface area contributed by atoms with Gasteiger partial charge in [-0.05, 0) is 35.4 Å². The number of nitrogens with one attached hydrogen (secondary N) is 1. The number of hydrogen-bond donors (Lipinski definition) is 2. The third-order valence-corrected chi connectivity index (χ3v) is 5.24. The molecule has 0 spiro atoms. The number of benzene rings is 2. The molecule has 2 N–H and O–H groups in total. The van der Waals surface area contributed by atoms with E-state index in [1.807, 2.05) is 30.3 Å². The van der Waals surface area contributed by atoms with Crippen LogP contribution in [0.3, 0.4) is 0 Å². The highest BCUT2D eigenvalue weighted by atomic mass is 32.1. The van der Waals surface area contributed by atoms with Crippen LogP contribution in [0.5, 0.6) is 11.5 Å². The van der Waals surface area contributed by atoms with E-state index >= 15 is 0 Å². The van der Waals surface area contributed by atoms with Gasteiger partial charge < -0.3 is 19.9 Å². The number of ether oxygens (including phenoxy) is 2. The third kappa shape index (κ3) is 3.74. The van der Waals surface area contributed by atoms with E-state index in [0.29, 0.717) is 11.5 Å². The molecule has 28 heavy (non-hydrogen) atoms. The Bertz CT molecular complexity index is 1070.